The third kappa shape index (κ3) is 3.95. The molecule has 0 bridgehead atoms. The number of aromatic amines is 1. The molecule has 0 radical (unpaired) electrons. The van der Waals surface area contributed by atoms with E-state index >= 15 is 0 Å². The maximum Gasteiger partial charge on any atom is 0.349 e. The summed E-state index contributed by atoms with van der Waals surface area (Å²) in [5, 5.41) is 3.08. The van der Waals surface area contributed by atoms with E-state index in [9.17, 15) is 14.4 Å². The molecule has 0 aliphatic carbocycles. The second-order valence-electron chi connectivity index (χ2n) is 6.26. The zero-order valence-electron chi connectivity index (χ0n) is 13.7. The number of aryl methyl sites for hydroxylation is 2. The molecule has 2 N–H and O–H groups in total. The van der Waals surface area contributed by atoms with E-state index in [0.717, 1.165) is 11.3 Å². The fraction of sp³-hybridized carbons (Fsp3) is 0.467. The lowest BCUT2D eigenvalue weighted by atomic mass is 10.1. The number of amides is 1. The van der Waals surface area contributed by atoms with E-state index in [-0.39, 0.29) is 23.0 Å². The number of thiophene rings is 1. The van der Waals surface area contributed by atoms with Gasteiger partial charge in [0.1, 0.15) is 15.5 Å². The molecule has 0 saturated heterocycles. The van der Waals surface area contributed by atoms with Gasteiger partial charge in [0.05, 0.1) is 5.39 Å². The predicted octanol–water partition coefficient (Wildman–Crippen LogP) is 1.67. The summed E-state index contributed by atoms with van der Waals surface area (Å²) in [6.45, 7) is 8.48. The fourth-order valence-electron chi connectivity index (χ4n) is 2.10. The number of ether oxygens (including phenoxy) is 1. The standard InChI is InChI=1S/C15H19N3O4S/c1-7-10-12(20)16-8(2)17-13(10)23-11(7)14(21)22-6-9(19)18-15(3,4)5/h6H2,1-5H3,(H,18,19)(H,16,17,20). The number of hydrogen-bond donors (Lipinski definition) is 2. The van der Waals surface area contributed by atoms with Crippen molar-refractivity contribution in [2.45, 2.75) is 40.2 Å². The third-order valence-electron chi connectivity index (χ3n) is 2.95. The molecule has 1 amide bonds. The molecular formula is C15H19N3O4S. The molecule has 0 saturated carbocycles. The summed E-state index contributed by atoms with van der Waals surface area (Å²) in [6.07, 6.45) is 0. The largest absolute Gasteiger partial charge is 0.451 e. The number of nitrogens with one attached hydrogen (secondary N) is 2. The van der Waals surface area contributed by atoms with Crippen molar-refractivity contribution >= 4 is 33.4 Å². The molecule has 2 rings (SSSR count). The Balaban J connectivity index is 2.19. The predicted molar refractivity (Wildman–Crippen MR) is 87.9 cm³/mol. The van der Waals surface area contributed by atoms with E-state index in [1.54, 1.807) is 13.8 Å². The summed E-state index contributed by atoms with van der Waals surface area (Å²) in [4.78, 5) is 43.4. The lowest BCUT2D eigenvalue weighted by Gasteiger charge is -2.20. The lowest BCUT2D eigenvalue weighted by molar-refractivity contribution is -0.125. The zero-order chi connectivity index (χ0) is 17.4. The number of nitrogens with zero attached hydrogens (tertiary/aromatic N) is 1. The molecule has 0 atom stereocenters. The number of H-pyrrole nitrogens is 1. The van der Waals surface area contributed by atoms with Crippen LogP contribution in [0, 0.1) is 13.8 Å². The maximum atomic E-state index is 12.2. The van der Waals surface area contributed by atoms with Crippen LogP contribution in [0.3, 0.4) is 0 Å². The molecule has 0 aliphatic rings. The minimum Gasteiger partial charge on any atom is -0.451 e. The fourth-order valence-corrected chi connectivity index (χ4v) is 3.22. The first-order chi connectivity index (χ1) is 10.6. The Hall–Kier alpha value is -2.22. The Labute approximate surface area is 137 Å². The molecule has 2 heterocycles. The molecule has 2 aromatic heterocycles. The number of hydrogen-bond acceptors (Lipinski definition) is 6. The van der Waals surface area contributed by atoms with Gasteiger partial charge < -0.3 is 15.0 Å². The molecule has 7 nitrogen and oxygen atoms in total. The van der Waals surface area contributed by atoms with Gasteiger partial charge in [-0.25, -0.2) is 9.78 Å². The van der Waals surface area contributed by atoms with Gasteiger partial charge in [-0.2, -0.15) is 0 Å². The first-order valence-corrected chi connectivity index (χ1v) is 7.88. The molecule has 23 heavy (non-hydrogen) atoms. The monoisotopic (exact) mass is 337 g/mol. The molecule has 0 spiro atoms. The highest BCUT2D eigenvalue weighted by Crippen LogP contribution is 2.27. The van der Waals surface area contributed by atoms with Crippen molar-refractivity contribution in [3.05, 3.63) is 26.6 Å². The van der Waals surface area contributed by atoms with Crippen molar-refractivity contribution in [3.63, 3.8) is 0 Å². The van der Waals surface area contributed by atoms with Crippen LogP contribution >= 0.6 is 11.3 Å². The van der Waals surface area contributed by atoms with E-state index in [0.29, 0.717) is 21.6 Å². The Morgan fingerprint density at radius 3 is 2.57 bits per heavy atom. The van der Waals surface area contributed by atoms with Gasteiger partial charge in [-0.05, 0) is 40.2 Å². The van der Waals surface area contributed by atoms with E-state index in [1.165, 1.54) is 0 Å². The maximum absolute atomic E-state index is 12.2. The molecule has 0 aromatic carbocycles. The van der Waals surface area contributed by atoms with Crippen LogP contribution in [0.15, 0.2) is 4.79 Å². The van der Waals surface area contributed by atoms with Crippen molar-refractivity contribution < 1.29 is 14.3 Å². The van der Waals surface area contributed by atoms with Gasteiger partial charge >= 0.3 is 5.97 Å². The van der Waals surface area contributed by atoms with Gasteiger partial charge in [0.25, 0.3) is 11.5 Å². The van der Waals surface area contributed by atoms with E-state index in [2.05, 4.69) is 15.3 Å². The first kappa shape index (κ1) is 17.1. The summed E-state index contributed by atoms with van der Waals surface area (Å²) >= 11 is 1.09. The van der Waals surface area contributed by atoms with Crippen molar-refractivity contribution in [1.82, 2.24) is 15.3 Å². The van der Waals surface area contributed by atoms with E-state index in [1.807, 2.05) is 20.8 Å². The molecular weight excluding hydrogens is 318 g/mol. The summed E-state index contributed by atoms with van der Waals surface area (Å²) in [5.41, 5.74) is -0.170. The molecule has 2 aromatic rings. The summed E-state index contributed by atoms with van der Waals surface area (Å²) in [6, 6.07) is 0. The van der Waals surface area contributed by atoms with Crippen molar-refractivity contribution in [2.24, 2.45) is 0 Å². The normalized spacial score (nSPS) is 11.5. The van der Waals surface area contributed by atoms with Gasteiger partial charge in [-0.3, -0.25) is 9.59 Å². The summed E-state index contributed by atoms with van der Waals surface area (Å²) in [7, 11) is 0. The van der Waals surface area contributed by atoms with Crippen LogP contribution < -0.4 is 10.9 Å². The van der Waals surface area contributed by atoms with E-state index in [4.69, 9.17) is 4.74 Å². The van der Waals surface area contributed by atoms with Crippen LogP contribution in [0.25, 0.3) is 10.2 Å². The Bertz CT molecular complexity index is 830. The topological polar surface area (TPSA) is 101 Å². The minimum absolute atomic E-state index is 0.284. The average Bonchev–Trinajstić information content (AvgIpc) is 2.71. The van der Waals surface area contributed by atoms with Gasteiger partial charge in [0, 0.05) is 5.54 Å². The number of aromatic nitrogens is 2. The van der Waals surface area contributed by atoms with Crippen LogP contribution in [-0.4, -0.2) is 34.0 Å². The van der Waals surface area contributed by atoms with Gasteiger partial charge in [0.2, 0.25) is 0 Å². The van der Waals surface area contributed by atoms with Gasteiger partial charge in [0.15, 0.2) is 6.61 Å². The third-order valence-corrected chi connectivity index (χ3v) is 4.12. The Morgan fingerprint density at radius 1 is 1.30 bits per heavy atom. The summed E-state index contributed by atoms with van der Waals surface area (Å²) < 4.78 is 5.04. The van der Waals surface area contributed by atoms with Gasteiger partial charge in [-0.1, -0.05) is 0 Å². The van der Waals surface area contributed by atoms with Crippen LogP contribution in [0.2, 0.25) is 0 Å². The highest BCUT2D eigenvalue weighted by atomic mass is 32.1. The molecule has 124 valence electrons. The smallest absolute Gasteiger partial charge is 0.349 e. The molecule has 0 unspecified atom stereocenters. The van der Waals surface area contributed by atoms with Crippen molar-refractivity contribution in [2.75, 3.05) is 6.61 Å². The van der Waals surface area contributed by atoms with Crippen LogP contribution in [0.1, 0.15) is 41.8 Å². The first-order valence-electron chi connectivity index (χ1n) is 7.06. The number of carbonyl (C=O) groups excluding carboxylic acids is 2. The average molecular weight is 337 g/mol. The number of carbonyl (C=O) groups is 2. The highest BCUT2D eigenvalue weighted by molar-refractivity contribution is 7.20. The molecule has 0 fully saturated rings. The Kier molecular flexibility index (Phi) is 4.56. The minimum atomic E-state index is -0.633. The zero-order valence-corrected chi connectivity index (χ0v) is 14.5. The highest BCUT2D eigenvalue weighted by Gasteiger charge is 2.21. The van der Waals surface area contributed by atoms with E-state index < -0.39 is 11.5 Å². The second kappa shape index (κ2) is 6.11. The van der Waals surface area contributed by atoms with Crippen LogP contribution in [-0.2, 0) is 9.53 Å². The number of rotatable bonds is 3. The Morgan fingerprint density at radius 2 is 1.96 bits per heavy atom. The van der Waals surface area contributed by atoms with Crippen molar-refractivity contribution in [3.8, 4) is 0 Å². The second-order valence-corrected chi connectivity index (χ2v) is 7.26. The number of fused-ring (bicyclic) bond motifs is 1. The lowest BCUT2D eigenvalue weighted by Crippen LogP contribution is -2.42. The molecule has 8 heteroatoms. The van der Waals surface area contributed by atoms with Gasteiger partial charge in [-0.15, -0.1) is 11.3 Å². The number of esters is 1. The van der Waals surface area contributed by atoms with Crippen LogP contribution in [0.4, 0.5) is 0 Å². The summed E-state index contributed by atoms with van der Waals surface area (Å²) in [5.74, 6) is -0.531. The van der Waals surface area contributed by atoms with Crippen molar-refractivity contribution in [1.29, 1.82) is 0 Å². The quantitative estimate of drug-likeness (QED) is 0.830. The SMILES string of the molecule is Cc1nc2sc(C(=O)OCC(=O)NC(C)(C)C)c(C)c2c(=O)[nH]1. The van der Waals surface area contributed by atoms with Crippen LogP contribution in [0.5, 0.6) is 0 Å². The molecule has 0 aliphatic heterocycles.